The molecule has 3 nitrogen and oxygen atoms in total. The highest BCUT2D eigenvalue weighted by Gasteiger charge is 2.16. The quantitative estimate of drug-likeness (QED) is 0.568. The summed E-state index contributed by atoms with van der Waals surface area (Å²) in [5.41, 5.74) is 0.595. The molecule has 2 unspecified atom stereocenters. The van der Waals surface area contributed by atoms with Gasteiger partial charge in [0.15, 0.2) is 0 Å². The second-order valence-electron chi connectivity index (χ2n) is 3.12. The molecule has 0 bridgehead atoms. The van der Waals surface area contributed by atoms with Crippen LogP contribution in [0.2, 0.25) is 0 Å². The Kier molecular flexibility index (Phi) is 4.25. The summed E-state index contributed by atoms with van der Waals surface area (Å²) in [6.45, 7) is 0. The number of thiol groups is 1. The van der Waals surface area contributed by atoms with Gasteiger partial charge in [-0.25, -0.2) is 0 Å². The van der Waals surface area contributed by atoms with E-state index in [0.717, 1.165) is 0 Å². The molecule has 0 heterocycles. The normalized spacial score (nSPS) is 15.1. The Balaban J connectivity index is 2.68. The van der Waals surface area contributed by atoms with Crippen molar-refractivity contribution in [3.8, 4) is 5.75 Å². The van der Waals surface area contributed by atoms with Gasteiger partial charge in [0.1, 0.15) is 11.9 Å². The van der Waals surface area contributed by atoms with Crippen molar-refractivity contribution in [2.24, 2.45) is 0 Å². The number of aliphatic hydroxyl groups is 2. The molecule has 0 aromatic heterocycles. The molecule has 0 aliphatic rings. The third-order valence-electron chi connectivity index (χ3n) is 2.02. The van der Waals surface area contributed by atoms with Gasteiger partial charge in [-0.3, -0.25) is 0 Å². The number of aliphatic hydroxyl groups excluding tert-OH is 2. The van der Waals surface area contributed by atoms with Crippen molar-refractivity contribution in [1.29, 1.82) is 0 Å². The van der Waals surface area contributed by atoms with Gasteiger partial charge >= 0.3 is 0 Å². The van der Waals surface area contributed by atoms with Gasteiger partial charge < -0.3 is 15.3 Å². The summed E-state index contributed by atoms with van der Waals surface area (Å²) in [7, 11) is 0. The Morgan fingerprint density at radius 1 is 1.14 bits per heavy atom. The number of benzene rings is 1. The van der Waals surface area contributed by atoms with Gasteiger partial charge in [-0.15, -0.1) is 0 Å². The molecule has 2 atom stereocenters. The van der Waals surface area contributed by atoms with E-state index in [0.29, 0.717) is 17.7 Å². The molecule has 4 heteroatoms. The van der Waals surface area contributed by atoms with Gasteiger partial charge in [-0.1, -0.05) is 12.1 Å². The van der Waals surface area contributed by atoms with E-state index in [1.165, 1.54) is 12.1 Å². The van der Waals surface area contributed by atoms with Crippen LogP contribution in [0.1, 0.15) is 18.1 Å². The van der Waals surface area contributed by atoms with Crippen LogP contribution in [0.3, 0.4) is 0 Å². The van der Waals surface area contributed by atoms with Gasteiger partial charge in [0.05, 0.1) is 6.10 Å². The highest BCUT2D eigenvalue weighted by atomic mass is 32.1. The van der Waals surface area contributed by atoms with E-state index in [4.69, 9.17) is 5.11 Å². The standard InChI is InChI=1S/C10H14O3S/c11-8-3-1-7(2-4-8)10(13)9(12)5-6-14/h1-4,9-14H,5-6H2. The molecule has 0 amide bonds. The maximum atomic E-state index is 9.65. The van der Waals surface area contributed by atoms with Gasteiger partial charge in [-0.05, 0) is 29.9 Å². The van der Waals surface area contributed by atoms with Crippen molar-refractivity contribution in [3.63, 3.8) is 0 Å². The minimum Gasteiger partial charge on any atom is -0.508 e. The minimum atomic E-state index is -0.914. The van der Waals surface area contributed by atoms with Crippen LogP contribution in [0, 0.1) is 0 Å². The summed E-state index contributed by atoms with van der Waals surface area (Å²) in [5.74, 6) is 0.667. The van der Waals surface area contributed by atoms with Crippen molar-refractivity contribution in [1.82, 2.24) is 0 Å². The summed E-state index contributed by atoms with van der Waals surface area (Å²) in [5, 5.41) is 28.1. The van der Waals surface area contributed by atoms with Gasteiger partial charge in [0.2, 0.25) is 0 Å². The molecule has 0 aliphatic carbocycles. The molecule has 1 aromatic rings. The molecule has 0 spiro atoms. The second-order valence-corrected chi connectivity index (χ2v) is 3.56. The molecular weight excluding hydrogens is 200 g/mol. The molecular formula is C10H14O3S. The fraction of sp³-hybridized carbons (Fsp3) is 0.400. The average molecular weight is 214 g/mol. The van der Waals surface area contributed by atoms with Crippen LogP contribution in [-0.2, 0) is 0 Å². The summed E-state index contributed by atoms with van der Waals surface area (Å²) < 4.78 is 0. The molecule has 0 saturated carbocycles. The lowest BCUT2D eigenvalue weighted by Gasteiger charge is -2.17. The third-order valence-corrected chi connectivity index (χ3v) is 2.28. The summed E-state index contributed by atoms with van der Waals surface area (Å²) in [6.07, 6.45) is -1.29. The Morgan fingerprint density at radius 3 is 2.21 bits per heavy atom. The van der Waals surface area contributed by atoms with Crippen LogP contribution >= 0.6 is 12.6 Å². The van der Waals surface area contributed by atoms with Crippen LogP contribution in [0.25, 0.3) is 0 Å². The average Bonchev–Trinajstić information content (AvgIpc) is 2.18. The first-order valence-corrected chi connectivity index (χ1v) is 5.04. The zero-order valence-electron chi connectivity index (χ0n) is 7.67. The number of hydrogen-bond donors (Lipinski definition) is 4. The van der Waals surface area contributed by atoms with Crippen LogP contribution in [0.4, 0.5) is 0 Å². The zero-order chi connectivity index (χ0) is 10.6. The molecule has 78 valence electrons. The van der Waals surface area contributed by atoms with E-state index in [9.17, 15) is 10.2 Å². The van der Waals surface area contributed by atoms with E-state index in [1.807, 2.05) is 0 Å². The smallest absolute Gasteiger partial charge is 0.115 e. The molecule has 0 radical (unpaired) electrons. The lowest BCUT2D eigenvalue weighted by Crippen LogP contribution is -2.18. The number of hydrogen-bond acceptors (Lipinski definition) is 4. The Morgan fingerprint density at radius 2 is 1.71 bits per heavy atom. The topological polar surface area (TPSA) is 60.7 Å². The molecule has 1 aromatic carbocycles. The molecule has 0 saturated heterocycles. The van der Waals surface area contributed by atoms with Crippen molar-refractivity contribution < 1.29 is 15.3 Å². The van der Waals surface area contributed by atoms with Gasteiger partial charge in [0, 0.05) is 0 Å². The summed E-state index contributed by atoms with van der Waals surface area (Å²) >= 11 is 3.97. The summed E-state index contributed by atoms with van der Waals surface area (Å²) in [4.78, 5) is 0. The molecule has 14 heavy (non-hydrogen) atoms. The molecule has 0 fully saturated rings. The number of phenolic OH excluding ortho intramolecular Hbond substituents is 1. The fourth-order valence-corrected chi connectivity index (χ4v) is 1.45. The van der Waals surface area contributed by atoms with E-state index in [2.05, 4.69) is 12.6 Å². The van der Waals surface area contributed by atoms with Crippen molar-refractivity contribution in [3.05, 3.63) is 29.8 Å². The predicted octanol–water partition coefficient (Wildman–Crippen LogP) is 1.11. The highest BCUT2D eigenvalue weighted by molar-refractivity contribution is 7.80. The van der Waals surface area contributed by atoms with E-state index in [-0.39, 0.29) is 5.75 Å². The maximum Gasteiger partial charge on any atom is 0.115 e. The van der Waals surface area contributed by atoms with Gasteiger partial charge in [-0.2, -0.15) is 12.6 Å². The van der Waals surface area contributed by atoms with E-state index >= 15 is 0 Å². The molecule has 3 N–H and O–H groups in total. The van der Waals surface area contributed by atoms with Crippen LogP contribution in [-0.4, -0.2) is 27.2 Å². The number of phenols is 1. The van der Waals surface area contributed by atoms with Crippen LogP contribution < -0.4 is 0 Å². The predicted molar refractivity (Wildman–Crippen MR) is 57.5 cm³/mol. The Labute approximate surface area is 88.4 Å². The lowest BCUT2D eigenvalue weighted by atomic mass is 10.0. The van der Waals surface area contributed by atoms with Crippen LogP contribution in [0.15, 0.2) is 24.3 Å². The van der Waals surface area contributed by atoms with Crippen molar-refractivity contribution in [2.75, 3.05) is 5.75 Å². The highest BCUT2D eigenvalue weighted by Crippen LogP contribution is 2.21. The van der Waals surface area contributed by atoms with E-state index < -0.39 is 12.2 Å². The van der Waals surface area contributed by atoms with E-state index in [1.54, 1.807) is 12.1 Å². The molecule has 0 aliphatic heterocycles. The second kappa shape index (κ2) is 5.24. The largest absolute Gasteiger partial charge is 0.508 e. The number of rotatable bonds is 4. The summed E-state index contributed by atoms with van der Waals surface area (Å²) in [6, 6.07) is 6.13. The SMILES string of the molecule is Oc1ccc(C(O)C(O)CCS)cc1. The Hall–Kier alpha value is -0.710. The third kappa shape index (κ3) is 2.90. The maximum absolute atomic E-state index is 9.65. The van der Waals surface area contributed by atoms with Gasteiger partial charge in [0.25, 0.3) is 0 Å². The molecule has 1 rings (SSSR count). The first kappa shape index (κ1) is 11.4. The lowest BCUT2D eigenvalue weighted by molar-refractivity contribution is 0.0172. The fourth-order valence-electron chi connectivity index (χ4n) is 1.18. The Bertz CT molecular complexity index is 273. The number of aromatic hydroxyl groups is 1. The monoisotopic (exact) mass is 214 g/mol. The minimum absolute atomic E-state index is 0.143. The van der Waals surface area contributed by atoms with Crippen molar-refractivity contribution >= 4 is 12.6 Å². The zero-order valence-corrected chi connectivity index (χ0v) is 8.56. The first-order chi connectivity index (χ1) is 6.65. The van der Waals surface area contributed by atoms with Crippen LogP contribution in [0.5, 0.6) is 5.75 Å². The van der Waals surface area contributed by atoms with Crippen molar-refractivity contribution in [2.45, 2.75) is 18.6 Å². The first-order valence-electron chi connectivity index (χ1n) is 4.41.